The molecule has 0 aliphatic carbocycles. The van der Waals surface area contributed by atoms with Gasteiger partial charge in [0.25, 0.3) is 0 Å². The molecule has 26 heavy (non-hydrogen) atoms. The van der Waals surface area contributed by atoms with Crippen LogP contribution >= 0.6 is 11.6 Å². The van der Waals surface area contributed by atoms with Crippen LogP contribution in [-0.2, 0) is 22.2 Å². The molecule has 2 rings (SSSR count). The molecule has 2 aromatic rings. The van der Waals surface area contributed by atoms with Crippen LogP contribution in [0.2, 0.25) is 5.02 Å². The molecule has 0 fully saturated rings. The van der Waals surface area contributed by atoms with Gasteiger partial charge in [-0.25, -0.2) is 0 Å². The second-order valence-corrected chi connectivity index (χ2v) is 5.73. The molecule has 2 amide bonds. The molecule has 0 heterocycles. The molecule has 0 radical (unpaired) electrons. The van der Waals surface area contributed by atoms with E-state index in [1.165, 1.54) is 18.2 Å². The van der Waals surface area contributed by atoms with Crippen molar-refractivity contribution in [3.05, 3.63) is 58.6 Å². The smallest absolute Gasteiger partial charge is 0.417 e. The van der Waals surface area contributed by atoms with Crippen LogP contribution in [0.1, 0.15) is 11.1 Å². The van der Waals surface area contributed by atoms with E-state index < -0.39 is 28.6 Å². The molecule has 3 N–H and O–H groups in total. The van der Waals surface area contributed by atoms with Gasteiger partial charge in [-0.2, -0.15) is 13.2 Å². The number of rotatable bonds is 4. The number of anilines is 1. The van der Waals surface area contributed by atoms with Crippen molar-refractivity contribution in [2.24, 2.45) is 0 Å². The Morgan fingerprint density at radius 3 is 2.31 bits per heavy atom. The van der Waals surface area contributed by atoms with Crippen molar-refractivity contribution in [3.63, 3.8) is 0 Å². The van der Waals surface area contributed by atoms with Crippen molar-refractivity contribution in [3.8, 4) is 5.75 Å². The summed E-state index contributed by atoms with van der Waals surface area (Å²) in [7, 11) is 0. The Bertz CT molecular complexity index is 808. The minimum atomic E-state index is -4.68. The van der Waals surface area contributed by atoms with Gasteiger partial charge in [0.05, 0.1) is 10.6 Å². The third kappa shape index (κ3) is 5.38. The van der Waals surface area contributed by atoms with Crippen LogP contribution in [-0.4, -0.2) is 23.5 Å². The molecular weight excluding hydrogens is 373 g/mol. The second kappa shape index (κ2) is 8.09. The van der Waals surface area contributed by atoms with Crippen LogP contribution in [0, 0.1) is 0 Å². The van der Waals surface area contributed by atoms with E-state index in [2.05, 4.69) is 10.6 Å². The number of aromatic hydroxyl groups is 1. The number of hydrogen-bond donors (Lipinski definition) is 3. The predicted molar refractivity (Wildman–Crippen MR) is 89.9 cm³/mol. The fourth-order valence-corrected chi connectivity index (χ4v) is 2.30. The first-order chi connectivity index (χ1) is 12.2. The molecule has 0 atom stereocenters. The number of hydrogen-bond acceptors (Lipinski definition) is 3. The number of amides is 2. The molecule has 0 bridgehead atoms. The lowest BCUT2D eigenvalue weighted by Gasteiger charge is -2.11. The molecule has 0 unspecified atom stereocenters. The van der Waals surface area contributed by atoms with Crippen LogP contribution < -0.4 is 10.6 Å². The highest BCUT2D eigenvalue weighted by Crippen LogP contribution is 2.36. The Hall–Kier alpha value is -2.74. The molecule has 0 aromatic heterocycles. The van der Waals surface area contributed by atoms with E-state index in [-0.39, 0.29) is 18.0 Å². The average molecular weight is 387 g/mol. The van der Waals surface area contributed by atoms with E-state index >= 15 is 0 Å². The fraction of sp³-hybridized carbons (Fsp3) is 0.176. The van der Waals surface area contributed by atoms with Crippen molar-refractivity contribution < 1.29 is 27.9 Å². The Balaban J connectivity index is 1.90. The summed E-state index contributed by atoms with van der Waals surface area (Å²) in [5.41, 5.74) is -0.471. The van der Waals surface area contributed by atoms with Gasteiger partial charge in [0.2, 0.25) is 0 Å². The zero-order chi connectivity index (χ0) is 19.3. The lowest BCUT2D eigenvalue weighted by molar-refractivity contribution is -0.137. The molecule has 2 aromatic carbocycles. The van der Waals surface area contributed by atoms with Gasteiger partial charge in [0, 0.05) is 12.2 Å². The first kappa shape index (κ1) is 19.6. The van der Waals surface area contributed by atoms with Crippen LogP contribution in [0.4, 0.5) is 18.9 Å². The second-order valence-electron chi connectivity index (χ2n) is 5.32. The van der Waals surface area contributed by atoms with Gasteiger partial charge in [0.1, 0.15) is 5.75 Å². The van der Waals surface area contributed by atoms with Gasteiger partial charge >= 0.3 is 18.0 Å². The van der Waals surface area contributed by atoms with E-state index in [0.29, 0.717) is 12.5 Å². The highest BCUT2D eigenvalue weighted by molar-refractivity contribution is 6.39. The van der Waals surface area contributed by atoms with Gasteiger partial charge in [-0.15, -0.1) is 0 Å². The maximum Gasteiger partial charge on any atom is 0.417 e. The highest BCUT2D eigenvalue weighted by atomic mass is 35.5. The van der Waals surface area contributed by atoms with Crippen molar-refractivity contribution in [2.75, 3.05) is 11.9 Å². The number of alkyl halides is 3. The summed E-state index contributed by atoms with van der Waals surface area (Å²) in [6.45, 7) is 0.144. The minimum absolute atomic E-state index is 0.110. The minimum Gasteiger partial charge on any atom is -0.508 e. The van der Waals surface area contributed by atoms with E-state index in [1.54, 1.807) is 12.1 Å². The third-order valence-electron chi connectivity index (χ3n) is 3.37. The predicted octanol–water partition coefficient (Wildman–Crippen LogP) is 3.36. The van der Waals surface area contributed by atoms with Gasteiger partial charge < -0.3 is 15.7 Å². The van der Waals surface area contributed by atoms with Crippen LogP contribution in [0.15, 0.2) is 42.5 Å². The molecule has 5 nitrogen and oxygen atoms in total. The van der Waals surface area contributed by atoms with Gasteiger partial charge in [-0.1, -0.05) is 23.7 Å². The van der Waals surface area contributed by atoms with Crippen LogP contribution in [0.5, 0.6) is 5.75 Å². The third-order valence-corrected chi connectivity index (χ3v) is 3.70. The molecule has 0 saturated heterocycles. The Morgan fingerprint density at radius 1 is 1.04 bits per heavy atom. The summed E-state index contributed by atoms with van der Waals surface area (Å²) < 4.78 is 38.4. The number of carbonyl (C=O) groups excluding carboxylic acids is 2. The molecular formula is C17H14ClF3N2O3. The molecule has 0 spiro atoms. The number of phenols is 1. The fourth-order valence-electron chi connectivity index (χ4n) is 2.07. The maximum atomic E-state index is 12.8. The van der Waals surface area contributed by atoms with Crippen molar-refractivity contribution >= 4 is 29.1 Å². The Morgan fingerprint density at radius 2 is 1.69 bits per heavy atom. The summed E-state index contributed by atoms with van der Waals surface area (Å²) in [6.07, 6.45) is -4.26. The first-order valence-corrected chi connectivity index (χ1v) is 7.78. The largest absolute Gasteiger partial charge is 0.508 e. The Kier molecular flexibility index (Phi) is 6.10. The first-order valence-electron chi connectivity index (χ1n) is 7.40. The van der Waals surface area contributed by atoms with E-state index in [4.69, 9.17) is 16.7 Å². The van der Waals surface area contributed by atoms with Gasteiger partial charge in [-0.05, 0) is 42.3 Å². The molecule has 138 valence electrons. The standard InChI is InChI=1S/C17H14ClF3N2O3/c18-14-6-3-11(9-13(14)17(19,20)21)23-16(26)15(25)22-8-7-10-1-4-12(24)5-2-10/h1-6,9,24H,7-8H2,(H,22,25)(H,23,26). The summed E-state index contributed by atoms with van der Waals surface area (Å²) in [4.78, 5) is 23.5. The number of halogens is 4. The lowest BCUT2D eigenvalue weighted by atomic mass is 10.1. The van der Waals surface area contributed by atoms with Crippen molar-refractivity contribution in [2.45, 2.75) is 12.6 Å². The summed E-state index contributed by atoms with van der Waals surface area (Å²) in [5, 5.41) is 13.1. The lowest BCUT2D eigenvalue weighted by Crippen LogP contribution is -2.36. The van der Waals surface area contributed by atoms with E-state index in [1.807, 2.05) is 0 Å². The SMILES string of the molecule is O=C(NCCc1ccc(O)cc1)C(=O)Nc1ccc(Cl)c(C(F)(F)F)c1. The maximum absolute atomic E-state index is 12.8. The Labute approximate surface area is 151 Å². The van der Waals surface area contributed by atoms with Crippen molar-refractivity contribution in [1.29, 1.82) is 0 Å². The van der Waals surface area contributed by atoms with Crippen LogP contribution in [0.25, 0.3) is 0 Å². The quantitative estimate of drug-likeness (QED) is 0.705. The normalized spacial score (nSPS) is 11.1. The molecule has 0 saturated carbocycles. The average Bonchev–Trinajstić information content (AvgIpc) is 2.57. The van der Waals surface area contributed by atoms with Gasteiger partial charge in [0.15, 0.2) is 0 Å². The van der Waals surface area contributed by atoms with Crippen LogP contribution in [0.3, 0.4) is 0 Å². The van der Waals surface area contributed by atoms with E-state index in [9.17, 15) is 22.8 Å². The summed E-state index contributed by atoms with van der Waals surface area (Å²) in [5.74, 6) is -1.96. The number of nitrogens with one attached hydrogen (secondary N) is 2. The van der Waals surface area contributed by atoms with Gasteiger partial charge in [-0.3, -0.25) is 9.59 Å². The number of phenolic OH excluding ortho intramolecular Hbond substituents is 1. The molecule has 0 aliphatic heterocycles. The monoisotopic (exact) mass is 386 g/mol. The van der Waals surface area contributed by atoms with E-state index in [0.717, 1.165) is 11.6 Å². The zero-order valence-electron chi connectivity index (χ0n) is 13.2. The highest BCUT2D eigenvalue weighted by Gasteiger charge is 2.33. The number of benzene rings is 2. The summed E-state index contributed by atoms with van der Waals surface area (Å²) in [6, 6.07) is 9.11. The topological polar surface area (TPSA) is 78.4 Å². The molecule has 9 heteroatoms. The van der Waals surface area contributed by atoms with Crippen molar-refractivity contribution in [1.82, 2.24) is 5.32 Å². The summed E-state index contributed by atoms with van der Waals surface area (Å²) >= 11 is 5.49. The zero-order valence-corrected chi connectivity index (χ0v) is 14.0. The molecule has 0 aliphatic rings. The number of carbonyl (C=O) groups is 2.